The van der Waals surface area contributed by atoms with E-state index in [1.54, 1.807) is 14.2 Å². The number of ether oxygens (including phenoxy) is 3. The molecular weight excluding hydrogens is 532 g/mol. The molecule has 7 rings (SSSR count). The first-order valence-corrected chi connectivity index (χ1v) is 14.0. The number of para-hydroxylation sites is 1. The zero-order valence-electron chi connectivity index (χ0n) is 23.5. The molecule has 0 atom stereocenters. The number of hydrogen-bond acceptors (Lipinski definition) is 8. The third-order valence-corrected chi connectivity index (χ3v) is 8.43. The first kappa shape index (κ1) is 25.9. The normalized spacial score (nSPS) is 15.7. The second-order valence-corrected chi connectivity index (χ2v) is 10.8. The van der Waals surface area contributed by atoms with Gasteiger partial charge in [0.15, 0.2) is 11.5 Å². The molecule has 212 valence electrons. The summed E-state index contributed by atoms with van der Waals surface area (Å²) in [6.45, 7) is 1.24. The Morgan fingerprint density at radius 3 is 2.52 bits per heavy atom. The zero-order valence-corrected chi connectivity index (χ0v) is 23.5. The van der Waals surface area contributed by atoms with Gasteiger partial charge in [-0.2, -0.15) is 5.21 Å². The van der Waals surface area contributed by atoms with Crippen molar-refractivity contribution in [2.45, 2.75) is 31.3 Å². The van der Waals surface area contributed by atoms with Crippen molar-refractivity contribution >= 4 is 16.8 Å². The van der Waals surface area contributed by atoms with E-state index in [1.807, 2.05) is 65.6 Å². The van der Waals surface area contributed by atoms with E-state index in [4.69, 9.17) is 19.2 Å². The predicted molar refractivity (Wildman–Crippen MR) is 157 cm³/mol. The maximum absolute atomic E-state index is 14.0. The number of methoxy groups -OCH3 is 2. The van der Waals surface area contributed by atoms with E-state index in [0.29, 0.717) is 41.7 Å². The van der Waals surface area contributed by atoms with Crippen LogP contribution >= 0.6 is 0 Å². The summed E-state index contributed by atoms with van der Waals surface area (Å²) in [6, 6.07) is 21.4. The molecule has 1 amide bonds. The molecule has 4 heterocycles. The molecule has 0 radical (unpaired) electrons. The summed E-state index contributed by atoms with van der Waals surface area (Å²) in [5, 5.41) is 15.2. The molecule has 10 heteroatoms. The molecule has 10 nitrogen and oxygen atoms in total. The van der Waals surface area contributed by atoms with Crippen molar-refractivity contribution in [2.75, 3.05) is 27.3 Å². The van der Waals surface area contributed by atoms with E-state index in [1.165, 1.54) is 0 Å². The topological polar surface area (TPSA) is 115 Å². The number of fused-ring (bicyclic) bond motifs is 2. The number of H-pyrrole nitrogens is 1. The molecule has 1 fully saturated rings. The molecule has 5 aromatic rings. The van der Waals surface area contributed by atoms with Crippen LogP contribution in [0, 0.1) is 0 Å². The number of benzene rings is 3. The van der Waals surface area contributed by atoms with Gasteiger partial charge in [-0.15, -0.1) is 10.2 Å². The minimum atomic E-state index is -0.275. The Bertz CT molecular complexity index is 1780. The molecule has 2 aliphatic rings. The molecule has 0 unspecified atom stereocenters. The van der Waals surface area contributed by atoms with Crippen LogP contribution in [-0.4, -0.2) is 69.3 Å². The lowest BCUT2D eigenvalue weighted by Gasteiger charge is -2.44. The lowest BCUT2D eigenvalue weighted by atomic mass is 9.82. The van der Waals surface area contributed by atoms with Crippen molar-refractivity contribution in [1.29, 1.82) is 0 Å². The van der Waals surface area contributed by atoms with Gasteiger partial charge in [-0.3, -0.25) is 4.79 Å². The molecular formula is C32H30N6O4. The van der Waals surface area contributed by atoms with E-state index < -0.39 is 0 Å². The van der Waals surface area contributed by atoms with E-state index in [9.17, 15) is 4.79 Å². The molecule has 2 aliphatic heterocycles. The SMILES string of the molecule is COc1ccc(-c2cc(C(=O)N3CCC4(CCc5cc(-c6nn[nH]n6)ccc5O4)CC3)c3ccccc3n2)cc1OC. The molecule has 1 saturated heterocycles. The molecule has 0 aliphatic carbocycles. The fraction of sp³-hybridized carbons (Fsp3) is 0.281. The lowest BCUT2D eigenvalue weighted by Crippen LogP contribution is -2.51. The zero-order chi connectivity index (χ0) is 28.7. The van der Waals surface area contributed by atoms with Crippen molar-refractivity contribution in [3.05, 3.63) is 77.9 Å². The van der Waals surface area contributed by atoms with Crippen molar-refractivity contribution in [1.82, 2.24) is 30.5 Å². The van der Waals surface area contributed by atoms with Gasteiger partial charge in [0.05, 0.1) is 31.0 Å². The minimum absolute atomic E-state index is 0.00569. The van der Waals surface area contributed by atoms with Crippen LogP contribution in [0.3, 0.4) is 0 Å². The summed E-state index contributed by atoms with van der Waals surface area (Å²) < 4.78 is 17.5. The summed E-state index contributed by atoms with van der Waals surface area (Å²) in [6.07, 6.45) is 3.35. The number of nitrogens with one attached hydrogen (secondary N) is 1. The summed E-state index contributed by atoms with van der Waals surface area (Å²) in [4.78, 5) is 20.9. The van der Waals surface area contributed by atoms with Crippen LogP contribution in [0.25, 0.3) is 33.5 Å². The van der Waals surface area contributed by atoms with Crippen LogP contribution in [-0.2, 0) is 6.42 Å². The maximum atomic E-state index is 14.0. The number of tetrazole rings is 1. The fourth-order valence-electron chi connectivity index (χ4n) is 6.08. The third-order valence-electron chi connectivity index (χ3n) is 8.43. The molecule has 0 saturated carbocycles. The van der Waals surface area contributed by atoms with Gasteiger partial charge in [0.2, 0.25) is 5.82 Å². The van der Waals surface area contributed by atoms with E-state index in [0.717, 1.165) is 59.0 Å². The second kappa shape index (κ2) is 10.4. The molecule has 3 aromatic carbocycles. The van der Waals surface area contributed by atoms with Crippen LogP contribution in [0.2, 0.25) is 0 Å². The number of aromatic amines is 1. The number of carbonyl (C=O) groups excluding carboxylic acids is 1. The van der Waals surface area contributed by atoms with Gasteiger partial charge in [-0.05, 0) is 72.1 Å². The predicted octanol–water partition coefficient (Wildman–Crippen LogP) is 5.10. The molecule has 42 heavy (non-hydrogen) atoms. The van der Waals surface area contributed by atoms with Gasteiger partial charge in [-0.1, -0.05) is 18.2 Å². The Morgan fingerprint density at radius 2 is 1.74 bits per heavy atom. The van der Waals surface area contributed by atoms with Gasteiger partial charge < -0.3 is 19.1 Å². The van der Waals surface area contributed by atoms with E-state index in [-0.39, 0.29) is 11.5 Å². The Morgan fingerprint density at radius 1 is 0.929 bits per heavy atom. The van der Waals surface area contributed by atoms with Gasteiger partial charge >= 0.3 is 0 Å². The maximum Gasteiger partial charge on any atom is 0.254 e. The number of rotatable bonds is 5. The standard InChI is InChI=1S/C32H30N6O4/c1-40-28-10-7-20(18-29(28)41-2)26-19-24(23-5-3-4-6-25(23)33-26)31(39)38-15-13-32(14-16-38)12-11-21-17-22(8-9-27(21)42-32)30-34-36-37-35-30/h3-10,17-19H,11-16H2,1-2H3,(H,34,35,36,37). The number of pyridine rings is 1. The highest BCUT2D eigenvalue weighted by Gasteiger charge is 2.41. The summed E-state index contributed by atoms with van der Waals surface area (Å²) in [7, 11) is 3.21. The fourth-order valence-corrected chi connectivity index (χ4v) is 6.08. The van der Waals surface area contributed by atoms with Crippen molar-refractivity contribution < 1.29 is 19.0 Å². The largest absolute Gasteiger partial charge is 0.493 e. The number of carbonyl (C=O) groups is 1. The van der Waals surface area contributed by atoms with Crippen LogP contribution in [0.5, 0.6) is 17.2 Å². The number of nitrogens with zero attached hydrogens (tertiary/aromatic N) is 5. The minimum Gasteiger partial charge on any atom is -0.493 e. The average Bonchev–Trinajstić information content (AvgIpc) is 3.59. The smallest absolute Gasteiger partial charge is 0.254 e. The Kier molecular flexibility index (Phi) is 6.45. The van der Waals surface area contributed by atoms with Gasteiger partial charge in [-0.25, -0.2) is 4.98 Å². The number of amides is 1. The summed E-state index contributed by atoms with van der Waals surface area (Å²) in [5.74, 6) is 2.72. The second-order valence-electron chi connectivity index (χ2n) is 10.8. The average molecular weight is 563 g/mol. The first-order chi connectivity index (χ1) is 20.6. The van der Waals surface area contributed by atoms with Crippen LogP contribution < -0.4 is 14.2 Å². The third kappa shape index (κ3) is 4.58. The first-order valence-electron chi connectivity index (χ1n) is 14.0. The Labute approximate surface area is 242 Å². The van der Waals surface area contributed by atoms with Gasteiger partial charge in [0.25, 0.3) is 5.91 Å². The van der Waals surface area contributed by atoms with Crippen molar-refractivity contribution in [2.24, 2.45) is 0 Å². The van der Waals surface area contributed by atoms with Crippen molar-refractivity contribution in [3.63, 3.8) is 0 Å². The summed E-state index contributed by atoms with van der Waals surface area (Å²) >= 11 is 0. The monoisotopic (exact) mass is 562 g/mol. The van der Waals surface area contributed by atoms with Gasteiger partial charge in [0, 0.05) is 42.4 Å². The molecule has 0 bridgehead atoms. The van der Waals surface area contributed by atoms with Crippen molar-refractivity contribution in [3.8, 4) is 39.9 Å². The van der Waals surface area contributed by atoms with E-state index in [2.05, 4.69) is 26.7 Å². The highest BCUT2D eigenvalue weighted by molar-refractivity contribution is 6.07. The molecule has 1 N–H and O–H groups in total. The van der Waals surface area contributed by atoms with E-state index >= 15 is 0 Å². The Hall–Kier alpha value is -4.99. The summed E-state index contributed by atoms with van der Waals surface area (Å²) in [5.41, 5.74) is 4.76. The molecule has 1 spiro atoms. The quantitative estimate of drug-likeness (QED) is 0.315. The number of piperidine rings is 1. The lowest BCUT2D eigenvalue weighted by molar-refractivity contribution is -0.0106. The highest BCUT2D eigenvalue weighted by atomic mass is 16.5. The van der Waals surface area contributed by atoms with Crippen LogP contribution in [0.15, 0.2) is 66.7 Å². The van der Waals surface area contributed by atoms with Crippen LogP contribution in [0.1, 0.15) is 35.2 Å². The number of aryl methyl sites for hydroxylation is 1. The number of aromatic nitrogens is 5. The van der Waals surface area contributed by atoms with Gasteiger partial charge in [0.1, 0.15) is 11.4 Å². The Balaban J connectivity index is 1.12. The van der Waals surface area contributed by atoms with Crippen LogP contribution in [0.4, 0.5) is 0 Å². The molecule has 2 aromatic heterocycles. The highest BCUT2D eigenvalue weighted by Crippen LogP contribution is 2.41. The number of hydrogen-bond donors (Lipinski definition) is 1. The number of likely N-dealkylation sites (tertiary alicyclic amines) is 1.